The van der Waals surface area contributed by atoms with Gasteiger partial charge in [0.05, 0.1) is 17.9 Å². The Kier molecular flexibility index (Phi) is 5.84. The van der Waals surface area contributed by atoms with E-state index >= 15 is 0 Å². The van der Waals surface area contributed by atoms with E-state index in [-0.39, 0.29) is 18.5 Å². The van der Waals surface area contributed by atoms with E-state index in [0.717, 1.165) is 17.8 Å². The first-order chi connectivity index (χ1) is 12.5. The van der Waals surface area contributed by atoms with Gasteiger partial charge in [0, 0.05) is 6.42 Å². The molecule has 1 fully saturated rings. The van der Waals surface area contributed by atoms with Crippen LogP contribution >= 0.6 is 0 Å². The standard InChI is InChI=1S/C21H30N2O3/c1-21(2)20(25)23(18-11-7-6-10-17(18)22-21)14-15-26-19(24)13-12-16-8-4-3-5-9-16/h6-7,10-11,16,22H,3-5,8-9,12-15H2,1-2H3. The Balaban J connectivity index is 1.50. The van der Waals surface area contributed by atoms with E-state index in [1.54, 1.807) is 4.90 Å². The minimum absolute atomic E-state index is 0.00513. The molecular weight excluding hydrogens is 328 g/mol. The number of carbonyl (C=O) groups excluding carboxylic acids is 2. The molecule has 1 heterocycles. The Hall–Kier alpha value is -2.04. The fraction of sp³-hybridized carbons (Fsp3) is 0.619. The van der Waals surface area contributed by atoms with Crippen LogP contribution in [0.3, 0.4) is 0 Å². The Morgan fingerprint density at radius 3 is 2.73 bits per heavy atom. The molecule has 2 aliphatic rings. The van der Waals surface area contributed by atoms with Crippen LogP contribution in [0.1, 0.15) is 58.8 Å². The third-order valence-corrected chi connectivity index (χ3v) is 5.48. The summed E-state index contributed by atoms with van der Waals surface area (Å²) in [4.78, 5) is 26.5. The van der Waals surface area contributed by atoms with Crippen LogP contribution in [0.5, 0.6) is 0 Å². The summed E-state index contributed by atoms with van der Waals surface area (Å²) in [5, 5.41) is 3.27. The molecule has 0 bridgehead atoms. The SMILES string of the molecule is CC1(C)Nc2ccccc2N(CCOC(=O)CCC2CCCCC2)C1=O. The normalized spacial score (nSPS) is 19.6. The highest BCUT2D eigenvalue weighted by Gasteiger charge is 2.38. The van der Waals surface area contributed by atoms with Crippen molar-refractivity contribution in [2.24, 2.45) is 5.92 Å². The Morgan fingerprint density at radius 2 is 1.96 bits per heavy atom. The van der Waals surface area contributed by atoms with Gasteiger partial charge >= 0.3 is 5.97 Å². The zero-order chi connectivity index (χ0) is 18.6. The second kappa shape index (κ2) is 8.11. The zero-order valence-corrected chi connectivity index (χ0v) is 15.9. The molecule has 26 heavy (non-hydrogen) atoms. The third kappa shape index (κ3) is 4.37. The molecule has 1 aliphatic carbocycles. The number of benzene rings is 1. The number of hydrogen-bond donors (Lipinski definition) is 1. The highest BCUT2D eigenvalue weighted by molar-refractivity contribution is 6.07. The second-order valence-corrected chi connectivity index (χ2v) is 7.99. The predicted octanol–water partition coefficient (Wildman–Crippen LogP) is 4.13. The quantitative estimate of drug-likeness (QED) is 0.777. The van der Waals surface area contributed by atoms with Crippen LogP contribution in [-0.2, 0) is 14.3 Å². The molecule has 0 aromatic heterocycles. The maximum absolute atomic E-state index is 12.7. The van der Waals surface area contributed by atoms with E-state index in [1.807, 2.05) is 38.1 Å². The van der Waals surface area contributed by atoms with Crippen molar-refractivity contribution in [2.75, 3.05) is 23.4 Å². The van der Waals surface area contributed by atoms with Gasteiger partial charge in [0.1, 0.15) is 12.1 Å². The highest BCUT2D eigenvalue weighted by atomic mass is 16.5. The summed E-state index contributed by atoms with van der Waals surface area (Å²) in [5.41, 5.74) is 1.11. The van der Waals surface area contributed by atoms with Gasteiger partial charge in [0.15, 0.2) is 0 Å². The minimum Gasteiger partial charge on any atom is -0.464 e. The number of rotatable bonds is 6. The number of nitrogens with zero attached hydrogens (tertiary/aromatic N) is 1. The molecule has 3 rings (SSSR count). The summed E-state index contributed by atoms with van der Waals surface area (Å²) in [5.74, 6) is 0.527. The van der Waals surface area contributed by atoms with E-state index < -0.39 is 5.54 Å². The fourth-order valence-corrected chi connectivity index (χ4v) is 3.99. The van der Waals surface area contributed by atoms with Gasteiger partial charge < -0.3 is 15.0 Å². The van der Waals surface area contributed by atoms with Crippen molar-refractivity contribution in [1.29, 1.82) is 0 Å². The number of fused-ring (bicyclic) bond motifs is 1. The van der Waals surface area contributed by atoms with Crippen molar-refractivity contribution in [3.05, 3.63) is 24.3 Å². The van der Waals surface area contributed by atoms with E-state index in [4.69, 9.17) is 4.74 Å². The van der Waals surface area contributed by atoms with Gasteiger partial charge in [0.25, 0.3) is 5.91 Å². The molecule has 5 heteroatoms. The molecule has 142 valence electrons. The number of para-hydroxylation sites is 2. The smallest absolute Gasteiger partial charge is 0.305 e. The first kappa shape index (κ1) is 18.7. The molecule has 1 aromatic carbocycles. The number of ether oxygens (including phenoxy) is 1. The van der Waals surface area contributed by atoms with Crippen LogP contribution in [-0.4, -0.2) is 30.6 Å². The van der Waals surface area contributed by atoms with Crippen LogP contribution in [0.2, 0.25) is 0 Å². The topological polar surface area (TPSA) is 58.6 Å². The molecule has 1 N–H and O–H groups in total. The van der Waals surface area contributed by atoms with E-state index in [1.165, 1.54) is 32.1 Å². The Labute approximate surface area is 156 Å². The van der Waals surface area contributed by atoms with Crippen molar-refractivity contribution < 1.29 is 14.3 Å². The first-order valence-electron chi connectivity index (χ1n) is 9.82. The fourth-order valence-electron chi connectivity index (χ4n) is 3.99. The average Bonchev–Trinajstić information content (AvgIpc) is 2.64. The van der Waals surface area contributed by atoms with Gasteiger partial charge in [0.2, 0.25) is 0 Å². The molecule has 1 aliphatic heterocycles. The molecule has 5 nitrogen and oxygen atoms in total. The molecule has 0 spiro atoms. The van der Waals surface area contributed by atoms with Crippen LogP contribution in [0.15, 0.2) is 24.3 Å². The molecule has 0 unspecified atom stereocenters. The number of nitrogens with one attached hydrogen (secondary N) is 1. The number of esters is 1. The number of amides is 1. The van der Waals surface area contributed by atoms with Crippen molar-refractivity contribution in [3.63, 3.8) is 0 Å². The van der Waals surface area contributed by atoms with E-state index in [0.29, 0.717) is 18.9 Å². The molecule has 1 amide bonds. The van der Waals surface area contributed by atoms with Crippen molar-refractivity contribution in [3.8, 4) is 0 Å². The Bertz CT molecular complexity index is 650. The molecular formula is C21H30N2O3. The average molecular weight is 358 g/mol. The van der Waals surface area contributed by atoms with Crippen LogP contribution < -0.4 is 10.2 Å². The van der Waals surface area contributed by atoms with Crippen LogP contribution in [0.4, 0.5) is 11.4 Å². The van der Waals surface area contributed by atoms with Gasteiger partial charge in [-0.05, 0) is 38.3 Å². The van der Waals surface area contributed by atoms with Gasteiger partial charge in [-0.3, -0.25) is 9.59 Å². The van der Waals surface area contributed by atoms with Crippen LogP contribution in [0.25, 0.3) is 0 Å². The van der Waals surface area contributed by atoms with Crippen molar-refractivity contribution >= 4 is 23.3 Å². The first-order valence-corrected chi connectivity index (χ1v) is 9.82. The largest absolute Gasteiger partial charge is 0.464 e. The van der Waals surface area contributed by atoms with E-state index in [2.05, 4.69) is 5.32 Å². The van der Waals surface area contributed by atoms with Gasteiger partial charge in [-0.15, -0.1) is 0 Å². The van der Waals surface area contributed by atoms with Crippen molar-refractivity contribution in [2.45, 2.75) is 64.3 Å². The van der Waals surface area contributed by atoms with Gasteiger partial charge in [-0.2, -0.15) is 0 Å². The summed E-state index contributed by atoms with van der Waals surface area (Å²) in [6, 6.07) is 7.74. The maximum atomic E-state index is 12.7. The third-order valence-electron chi connectivity index (χ3n) is 5.48. The summed E-state index contributed by atoms with van der Waals surface area (Å²) in [7, 11) is 0. The highest BCUT2D eigenvalue weighted by Crippen LogP contribution is 2.34. The summed E-state index contributed by atoms with van der Waals surface area (Å²) >= 11 is 0. The summed E-state index contributed by atoms with van der Waals surface area (Å²) in [6.45, 7) is 4.36. The zero-order valence-electron chi connectivity index (χ0n) is 15.9. The van der Waals surface area contributed by atoms with E-state index in [9.17, 15) is 9.59 Å². The molecule has 0 atom stereocenters. The molecule has 0 saturated heterocycles. The van der Waals surface area contributed by atoms with Gasteiger partial charge in [-0.1, -0.05) is 44.2 Å². The number of anilines is 2. The predicted molar refractivity (Wildman–Crippen MR) is 103 cm³/mol. The summed E-state index contributed by atoms with van der Waals surface area (Å²) < 4.78 is 5.41. The second-order valence-electron chi connectivity index (χ2n) is 7.99. The lowest BCUT2D eigenvalue weighted by atomic mass is 9.86. The maximum Gasteiger partial charge on any atom is 0.305 e. The van der Waals surface area contributed by atoms with Crippen LogP contribution in [0, 0.1) is 5.92 Å². The van der Waals surface area contributed by atoms with Crippen molar-refractivity contribution in [1.82, 2.24) is 0 Å². The molecule has 1 aromatic rings. The minimum atomic E-state index is -0.667. The number of carbonyl (C=O) groups is 2. The Morgan fingerprint density at radius 1 is 1.23 bits per heavy atom. The lowest BCUT2D eigenvalue weighted by Gasteiger charge is -2.39. The molecule has 1 saturated carbocycles. The lowest BCUT2D eigenvalue weighted by Crippen LogP contribution is -2.54. The molecule has 0 radical (unpaired) electrons. The monoisotopic (exact) mass is 358 g/mol. The van der Waals surface area contributed by atoms with Gasteiger partial charge in [-0.25, -0.2) is 0 Å². The summed E-state index contributed by atoms with van der Waals surface area (Å²) in [6.07, 6.45) is 7.82. The lowest BCUT2D eigenvalue weighted by molar-refractivity contribution is -0.144. The number of hydrogen-bond acceptors (Lipinski definition) is 4.